The molecule has 0 unspecified atom stereocenters. The van der Waals surface area contributed by atoms with Gasteiger partial charge in [0.1, 0.15) is 0 Å². The minimum Gasteiger partial charge on any atom is -0.465 e. The van der Waals surface area contributed by atoms with E-state index in [2.05, 4.69) is 34.0 Å². The average Bonchev–Trinajstić information content (AvgIpc) is 3.21. The van der Waals surface area contributed by atoms with Crippen molar-refractivity contribution in [3.8, 4) is 11.4 Å². The Bertz CT molecular complexity index is 993. The molecule has 0 aliphatic carbocycles. The Morgan fingerprint density at radius 2 is 1.90 bits per heavy atom. The second-order valence-corrected chi connectivity index (χ2v) is 6.91. The van der Waals surface area contributed by atoms with Gasteiger partial charge in [0.2, 0.25) is 17.6 Å². The van der Waals surface area contributed by atoms with Crippen LogP contribution in [0.1, 0.15) is 48.0 Å². The highest BCUT2D eigenvalue weighted by atomic mass is 16.5. The third kappa shape index (κ3) is 5.28. The minimum atomic E-state index is -0.457. The van der Waals surface area contributed by atoms with E-state index in [9.17, 15) is 9.59 Å². The van der Waals surface area contributed by atoms with E-state index in [1.165, 1.54) is 12.7 Å². The predicted molar refractivity (Wildman–Crippen MR) is 109 cm³/mol. The molecule has 0 fully saturated rings. The summed E-state index contributed by atoms with van der Waals surface area (Å²) >= 11 is 0. The Balaban J connectivity index is 1.57. The molecule has 1 heterocycles. The lowest BCUT2D eigenvalue weighted by Crippen LogP contribution is -2.13. The predicted octanol–water partition coefficient (Wildman–Crippen LogP) is 4.22. The van der Waals surface area contributed by atoms with Gasteiger partial charge in [-0.2, -0.15) is 4.98 Å². The first-order valence-corrected chi connectivity index (χ1v) is 9.37. The van der Waals surface area contributed by atoms with Crippen LogP contribution in [0.2, 0.25) is 0 Å². The number of carbonyl (C=O) groups excluding carboxylic acids is 2. The van der Waals surface area contributed by atoms with Crippen molar-refractivity contribution in [2.75, 3.05) is 12.4 Å². The van der Waals surface area contributed by atoms with Crippen LogP contribution in [0.15, 0.2) is 53.1 Å². The highest BCUT2D eigenvalue weighted by Crippen LogP contribution is 2.21. The molecular formula is C22H23N3O4. The fraction of sp³-hybridized carbons (Fsp3) is 0.273. The minimum absolute atomic E-state index is 0.177. The lowest BCUT2D eigenvalue weighted by molar-refractivity contribution is -0.116. The largest absolute Gasteiger partial charge is 0.465 e. The number of nitrogens with zero attached hydrogens (tertiary/aromatic N) is 2. The number of hydrogen-bond donors (Lipinski definition) is 1. The lowest BCUT2D eigenvalue weighted by Gasteiger charge is -2.06. The van der Waals surface area contributed by atoms with E-state index in [4.69, 9.17) is 4.52 Å². The SMILES string of the molecule is COC(=O)c1cccc(NC(=O)CCc2nc(-c3ccc(C(C)C)cc3)no2)c1. The van der Waals surface area contributed by atoms with Gasteiger partial charge < -0.3 is 14.6 Å². The van der Waals surface area contributed by atoms with Crippen LogP contribution >= 0.6 is 0 Å². The van der Waals surface area contributed by atoms with Crippen molar-refractivity contribution in [2.24, 2.45) is 0 Å². The molecule has 7 heteroatoms. The Morgan fingerprint density at radius 3 is 2.59 bits per heavy atom. The van der Waals surface area contributed by atoms with Crippen molar-refractivity contribution in [2.45, 2.75) is 32.6 Å². The van der Waals surface area contributed by atoms with Gasteiger partial charge in [0.25, 0.3) is 0 Å². The Kier molecular flexibility index (Phi) is 6.39. The molecule has 29 heavy (non-hydrogen) atoms. The first-order chi connectivity index (χ1) is 14.0. The summed E-state index contributed by atoms with van der Waals surface area (Å²) in [4.78, 5) is 28.1. The maximum absolute atomic E-state index is 12.2. The van der Waals surface area contributed by atoms with Crippen molar-refractivity contribution < 1.29 is 18.8 Å². The smallest absolute Gasteiger partial charge is 0.337 e. The molecular weight excluding hydrogens is 370 g/mol. The standard InChI is InChI=1S/C22H23N3O4/c1-14(2)15-7-9-16(10-8-15)21-24-20(29-25-21)12-11-19(26)23-18-6-4-5-17(13-18)22(27)28-3/h4-10,13-14H,11-12H2,1-3H3,(H,23,26). The van der Waals surface area contributed by atoms with Crippen molar-refractivity contribution in [3.63, 3.8) is 0 Å². The maximum atomic E-state index is 12.2. The molecule has 1 N–H and O–H groups in total. The van der Waals surface area contributed by atoms with Gasteiger partial charge in [0.15, 0.2) is 0 Å². The third-order valence-electron chi connectivity index (χ3n) is 4.44. The topological polar surface area (TPSA) is 94.3 Å². The molecule has 0 aliphatic rings. The van der Waals surface area contributed by atoms with Gasteiger partial charge in [-0.15, -0.1) is 0 Å². The van der Waals surface area contributed by atoms with Gasteiger partial charge >= 0.3 is 5.97 Å². The van der Waals surface area contributed by atoms with E-state index in [0.29, 0.717) is 35.3 Å². The zero-order valence-corrected chi connectivity index (χ0v) is 16.6. The summed E-state index contributed by atoms with van der Waals surface area (Å²) in [5, 5.41) is 6.74. The maximum Gasteiger partial charge on any atom is 0.337 e. The Hall–Kier alpha value is -3.48. The Morgan fingerprint density at radius 1 is 1.14 bits per heavy atom. The number of aromatic nitrogens is 2. The van der Waals surface area contributed by atoms with E-state index in [-0.39, 0.29) is 12.3 Å². The van der Waals surface area contributed by atoms with Crippen molar-refractivity contribution in [3.05, 3.63) is 65.5 Å². The molecule has 150 valence electrons. The summed E-state index contributed by atoms with van der Waals surface area (Å²) < 4.78 is 9.94. The number of nitrogens with one attached hydrogen (secondary N) is 1. The first-order valence-electron chi connectivity index (χ1n) is 9.37. The number of anilines is 1. The van der Waals surface area contributed by atoms with E-state index in [1.807, 2.05) is 24.3 Å². The molecule has 3 rings (SSSR count). The van der Waals surface area contributed by atoms with Crippen molar-refractivity contribution in [1.29, 1.82) is 0 Å². The number of aryl methyl sites for hydroxylation is 1. The molecule has 1 amide bonds. The number of hydrogen-bond acceptors (Lipinski definition) is 6. The van der Waals surface area contributed by atoms with Crippen LogP contribution in [-0.4, -0.2) is 29.1 Å². The molecule has 0 radical (unpaired) electrons. The zero-order valence-electron chi connectivity index (χ0n) is 16.6. The average molecular weight is 393 g/mol. The van der Waals surface area contributed by atoms with Gasteiger partial charge in [-0.25, -0.2) is 4.79 Å². The first kappa shape index (κ1) is 20.3. The Labute approximate surface area is 169 Å². The molecule has 0 bridgehead atoms. The van der Waals surface area contributed by atoms with Crippen LogP contribution in [0.5, 0.6) is 0 Å². The summed E-state index contributed by atoms with van der Waals surface area (Å²) in [7, 11) is 1.31. The number of ether oxygens (including phenoxy) is 1. The van der Waals surface area contributed by atoms with Crippen LogP contribution in [0.3, 0.4) is 0 Å². The highest BCUT2D eigenvalue weighted by Gasteiger charge is 2.12. The fourth-order valence-corrected chi connectivity index (χ4v) is 2.78. The van der Waals surface area contributed by atoms with Crippen LogP contribution in [0.25, 0.3) is 11.4 Å². The monoisotopic (exact) mass is 393 g/mol. The van der Waals surface area contributed by atoms with Crippen molar-refractivity contribution in [1.82, 2.24) is 10.1 Å². The molecule has 0 saturated heterocycles. The van der Waals surface area contributed by atoms with Gasteiger partial charge in [-0.05, 0) is 29.7 Å². The van der Waals surface area contributed by atoms with Crippen LogP contribution in [0, 0.1) is 0 Å². The second kappa shape index (κ2) is 9.14. The fourth-order valence-electron chi connectivity index (χ4n) is 2.78. The quantitative estimate of drug-likeness (QED) is 0.604. The van der Waals surface area contributed by atoms with Crippen LogP contribution in [0.4, 0.5) is 5.69 Å². The van der Waals surface area contributed by atoms with Crippen molar-refractivity contribution >= 4 is 17.6 Å². The molecule has 0 saturated carbocycles. The van der Waals surface area contributed by atoms with Gasteiger partial charge in [0.05, 0.1) is 12.7 Å². The summed E-state index contributed by atoms with van der Waals surface area (Å²) in [5.41, 5.74) is 3.00. The number of carbonyl (C=O) groups is 2. The molecule has 0 aliphatic heterocycles. The van der Waals surface area contributed by atoms with E-state index in [0.717, 1.165) is 5.56 Å². The number of esters is 1. The second-order valence-electron chi connectivity index (χ2n) is 6.91. The van der Waals surface area contributed by atoms with Crippen LogP contribution in [-0.2, 0) is 16.0 Å². The molecule has 0 spiro atoms. The lowest BCUT2D eigenvalue weighted by atomic mass is 10.0. The zero-order chi connectivity index (χ0) is 20.8. The summed E-state index contributed by atoms with van der Waals surface area (Å²) in [6.45, 7) is 4.27. The number of amides is 1. The summed E-state index contributed by atoms with van der Waals surface area (Å²) in [6.07, 6.45) is 0.496. The molecule has 3 aromatic rings. The van der Waals surface area contributed by atoms with Gasteiger partial charge in [-0.1, -0.05) is 49.3 Å². The number of rotatable bonds is 7. The third-order valence-corrected chi connectivity index (χ3v) is 4.44. The van der Waals surface area contributed by atoms with Crippen LogP contribution < -0.4 is 5.32 Å². The van der Waals surface area contributed by atoms with E-state index < -0.39 is 5.97 Å². The van der Waals surface area contributed by atoms with E-state index >= 15 is 0 Å². The molecule has 1 aromatic heterocycles. The summed E-state index contributed by atoms with van der Waals surface area (Å²) in [5.74, 6) is 0.679. The summed E-state index contributed by atoms with van der Waals surface area (Å²) in [6, 6.07) is 14.6. The van der Waals surface area contributed by atoms with E-state index in [1.54, 1.807) is 24.3 Å². The number of benzene rings is 2. The molecule has 0 atom stereocenters. The van der Waals surface area contributed by atoms with Gasteiger partial charge in [0, 0.05) is 24.1 Å². The molecule has 7 nitrogen and oxygen atoms in total. The number of methoxy groups -OCH3 is 1. The normalized spacial score (nSPS) is 10.8. The highest BCUT2D eigenvalue weighted by molar-refractivity contribution is 5.94. The molecule has 2 aromatic carbocycles. The van der Waals surface area contributed by atoms with Gasteiger partial charge in [-0.3, -0.25) is 4.79 Å².